The normalized spacial score (nSPS) is 11.2. The van der Waals surface area contributed by atoms with Crippen molar-refractivity contribution < 1.29 is 13.2 Å². The van der Waals surface area contributed by atoms with Gasteiger partial charge in [-0.3, -0.25) is 4.79 Å². The second kappa shape index (κ2) is 7.39. The number of sulfonamides is 1. The van der Waals surface area contributed by atoms with Gasteiger partial charge in [0.2, 0.25) is 10.0 Å². The average molecular weight is 332 g/mol. The van der Waals surface area contributed by atoms with Crippen molar-refractivity contribution in [1.29, 1.82) is 0 Å². The van der Waals surface area contributed by atoms with Crippen LogP contribution in [-0.4, -0.2) is 20.9 Å². The number of aryl methyl sites for hydroxylation is 1. The van der Waals surface area contributed by atoms with E-state index in [1.165, 1.54) is 6.07 Å². The first-order chi connectivity index (χ1) is 10.9. The molecule has 2 aromatic rings. The van der Waals surface area contributed by atoms with Crippen molar-refractivity contribution in [2.45, 2.75) is 25.2 Å². The number of benzene rings is 2. The summed E-state index contributed by atoms with van der Waals surface area (Å²) in [7, 11) is -3.51. The quantitative estimate of drug-likeness (QED) is 0.854. The van der Waals surface area contributed by atoms with Crippen LogP contribution in [0.15, 0.2) is 53.4 Å². The van der Waals surface area contributed by atoms with Gasteiger partial charge in [0.05, 0.1) is 4.90 Å². The highest BCUT2D eigenvalue weighted by Crippen LogP contribution is 2.20. The van der Waals surface area contributed by atoms with Gasteiger partial charge in [-0.05, 0) is 49.2 Å². The molecule has 0 fully saturated rings. The lowest BCUT2D eigenvalue weighted by Gasteiger charge is -2.11. The number of anilines is 1. The monoisotopic (exact) mass is 332 g/mol. The maximum atomic E-state index is 12.1. The molecule has 0 saturated carbocycles. The zero-order valence-corrected chi connectivity index (χ0v) is 14.0. The molecular weight excluding hydrogens is 312 g/mol. The number of hydrogen-bond acceptors (Lipinski definition) is 3. The third-order valence-corrected chi connectivity index (χ3v) is 4.79. The molecule has 122 valence electrons. The Morgan fingerprint density at radius 3 is 2.39 bits per heavy atom. The molecule has 0 aliphatic carbocycles. The molecule has 0 radical (unpaired) electrons. The Balaban J connectivity index is 2.18. The number of hydrogen-bond donors (Lipinski definition) is 2. The van der Waals surface area contributed by atoms with E-state index in [4.69, 9.17) is 0 Å². The number of rotatable bonds is 6. The molecule has 0 aliphatic rings. The summed E-state index contributed by atoms with van der Waals surface area (Å²) < 4.78 is 26.7. The standard InChI is InChI=1S/C17H20N2O3S/c1-3-11-18-23(21,22)15-9-10-16(13(2)12-15)19-17(20)14-7-5-4-6-8-14/h4-10,12,18H,3,11H2,1-2H3,(H,19,20). The lowest BCUT2D eigenvalue weighted by Crippen LogP contribution is -2.24. The van der Waals surface area contributed by atoms with E-state index < -0.39 is 10.0 Å². The third kappa shape index (κ3) is 4.40. The fourth-order valence-electron chi connectivity index (χ4n) is 2.05. The number of carbonyl (C=O) groups is 1. The highest BCUT2D eigenvalue weighted by Gasteiger charge is 2.15. The maximum absolute atomic E-state index is 12.1. The van der Waals surface area contributed by atoms with E-state index in [1.807, 2.05) is 13.0 Å². The zero-order chi connectivity index (χ0) is 16.9. The molecule has 0 aliphatic heterocycles. The van der Waals surface area contributed by atoms with Gasteiger partial charge in [0.1, 0.15) is 0 Å². The first kappa shape index (κ1) is 17.2. The van der Waals surface area contributed by atoms with Crippen molar-refractivity contribution in [1.82, 2.24) is 4.72 Å². The summed E-state index contributed by atoms with van der Waals surface area (Å²) in [5.74, 6) is -0.228. The predicted molar refractivity (Wildman–Crippen MR) is 91.1 cm³/mol. The van der Waals surface area contributed by atoms with Crippen LogP contribution in [0.25, 0.3) is 0 Å². The zero-order valence-electron chi connectivity index (χ0n) is 13.2. The maximum Gasteiger partial charge on any atom is 0.255 e. The Kier molecular flexibility index (Phi) is 5.52. The molecule has 0 saturated heterocycles. The highest BCUT2D eigenvalue weighted by atomic mass is 32.2. The molecule has 2 N–H and O–H groups in total. The van der Waals surface area contributed by atoms with Gasteiger partial charge in [-0.25, -0.2) is 13.1 Å². The minimum atomic E-state index is -3.51. The molecule has 5 nitrogen and oxygen atoms in total. The third-order valence-electron chi connectivity index (χ3n) is 3.33. The minimum absolute atomic E-state index is 0.196. The van der Waals surface area contributed by atoms with Crippen molar-refractivity contribution in [3.63, 3.8) is 0 Å². The summed E-state index contributed by atoms with van der Waals surface area (Å²) in [5, 5.41) is 2.79. The Morgan fingerprint density at radius 2 is 1.78 bits per heavy atom. The van der Waals surface area contributed by atoms with Crippen LogP contribution in [0.2, 0.25) is 0 Å². The number of amides is 1. The van der Waals surface area contributed by atoms with Crippen molar-refractivity contribution in [3.05, 3.63) is 59.7 Å². The lowest BCUT2D eigenvalue weighted by molar-refractivity contribution is 0.102. The van der Waals surface area contributed by atoms with Crippen LogP contribution in [0.4, 0.5) is 5.69 Å². The van der Waals surface area contributed by atoms with Gasteiger partial charge in [-0.15, -0.1) is 0 Å². The van der Waals surface area contributed by atoms with E-state index in [0.717, 1.165) is 6.42 Å². The first-order valence-electron chi connectivity index (χ1n) is 7.41. The summed E-state index contributed by atoms with van der Waals surface area (Å²) in [4.78, 5) is 12.3. The van der Waals surface area contributed by atoms with E-state index in [9.17, 15) is 13.2 Å². The van der Waals surface area contributed by atoms with Crippen LogP contribution in [0.1, 0.15) is 29.3 Å². The van der Waals surface area contributed by atoms with Gasteiger partial charge in [0.25, 0.3) is 5.91 Å². The number of nitrogens with one attached hydrogen (secondary N) is 2. The Morgan fingerprint density at radius 1 is 1.09 bits per heavy atom. The van der Waals surface area contributed by atoms with Crippen molar-refractivity contribution in [2.75, 3.05) is 11.9 Å². The molecule has 0 spiro atoms. The fourth-order valence-corrected chi connectivity index (χ4v) is 3.27. The summed E-state index contributed by atoms with van der Waals surface area (Å²) >= 11 is 0. The van der Waals surface area contributed by atoms with Gasteiger partial charge in [-0.1, -0.05) is 25.1 Å². The van der Waals surface area contributed by atoms with E-state index in [0.29, 0.717) is 23.4 Å². The van der Waals surface area contributed by atoms with Gasteiger partial charge < -0.3 is 5.32 Å². The van der Waals surface area contributed by atoms with Gasteiger partial charge in [0, 0.05) is 17.8 Å². The van der Waals surface area contributed by atoms with Gasteiger partial charge in [0.15, 0.2) is 0 Å². The number of carbonyl (C=O) groups excluding carboxylic acids is 1. The van der Waals surface area contributed by atoms with E-state index in [-0.39, 0.29) is 10.8 Å². The molecule has 0 heterocycles. The summed E-state index contributed by atoms with van der Waals surface area (Å²) in [6, 6.07) is 13.5. The van der Waals surface area contributed by atoms with E-state index >= 15 is 0 Å². The largest absolute Gasteiger partial charge is 0.322 e. The first-order valence-corrected chi connectivity index (χ1v) is 8.89. The van der Waals surface area contributed by atoms with Crippen molar-refractivity contribution in [2.24, 2.45) is 0 Å². The van der Waals surface area contributed by atoms with Crippen LogP contribution < -0.4 is 10.0 Å². The molecule has 0 bridgehead atoms. The van der Waals surface area contributed by atoms with Gasteiger partial charge >= 0.3 is 0 Å². The van der Waals surface area contributed by atoms with E-state index in [1.54, 1.807) is 43.3 Å². The summed E-state index contributed by atoms with van der Waals surface area (Å²) in [6.07, 6.45) is 0.726. The molecule has 6 heteroatoms. The highest BCUT2D eigenvalue weighted by molar-refractivity contribution is 7.89. The topological polar surface area (TPSA) is 75.3 Å². The second-order valence-corrected chi connectivity index (χ2v) is 6.96. The Bertz CT molecular complexity index is 787. The molecule has 0 aromatic heterocycles. The summed E-state index contributed by atoms with van der Waals surface area (Å²) in [5.41, 5.74) is 1.83. The predicted octanol–water partition coefficient (Wildman–Crippen LogP) is 2.94. The van der Waals surface area contributed by atoms with E-state index in [2.05, 4.69) is 10.0 Å². The smallest absolute Gasteiger partial charge is 0.255 e. The van der Waals surface area contributed by atoms with Crippen molar-refractivity contribution in [3.8, 4) is 0 Å². The molecule has 2 rings (SSSR count). The van der Waals surface area contributed by atoms with Crippen LogP contribution in [0.3, 0.4) is 0 Å². The Labute approximate surface area is 136 Å². The molecular formula is C17H20N2O3S. The van der Waals surface area contributed by atoms with Crippen LogP contribution in [-0.2, 0) is 10.0 Å². The van der Waals surface area contributed by atoms with Crippen molar-refractivity contribution >= 4 is 21.6 Å². The minimum Gasteiger partial charge on any atom is -0.322 e. The van der Waals surface area contributed by atoms with Crippen LogP contribution >= 0.6 is 0 Å². The SMILES string of the molecule is CCCNS(=O)(=O)c1ccc(NC(=O)c2ccccc2)c(C)c1. The molecule has 0 unspecified atom stereocenters. The van der Waals surface area contributed by atoms with Gasteiger partial charge in [-0.2, -0.15) is 0 Å². The van der Waals surface area contributed by atoms with Crippen LogP contribution in [0.5, 0.6) is 0 Å². The molecule has 0 atom stereocenters. The molecule has 23 heavy (non-hydrogen) atoms. The molecule has 2 aromatic carbocycles. The Hall–Kier alpha value is -2.18. The fraction of sp³-hybridized carbons (Fsp3) is 0.235. The second-order valence-electron chi connectivity index (χ2n) is 5.19. The lowest BCUT2D eigenvalue weighted by atomic mass is 10.1. The molecule has 1 amide bonds. The average Bonchev–Trinajstić information content (AvgIpc) is 2.55. The van der Waals surface area contributed by atoms with Crippen LogP contribution in [0, 0.1) is 6.92 Å². The summed E-state index contributed by atoms with van der Waals surface area (Å²) in [6.45, 7) is 4.06.